The summed E-state index contributed by atoms with van der Waals surface area (Å²) in [5.74, 6) is 2.36. The van der Waals surface area contributed by atoms with Gasteiger partial charge in [-0.2, -0.15) is 0 Å². The van der Waals surface area contributed by atoms with Crippen molar-refractivity contribution >= 4 is 15.9 Å². The highest BCUT2D eigenvalue weighted by Crippen LogP contribution is 2.37. The standard InChI is InChI=1S/C21H22BrNO3/c1-15-6-3-4-7-16(15)14-26-21-18(19(22)9-10-20(21)24-2)13-23-12-17-8-5-11-25-17/h3-11,23H,12-14H2,1-2H3. The molecule has 0 bridgehead atoms. The number of furan rings is 1. The summed E-state index contributed by atoms with van der Waals surface area (Å²) in [5.41, 5.74) is 3.38. The van der Waals surface area contributed by atoms with Crippen LogP contribution in [0.3, 0.4) is 0 Å². The van der Waals surface area contributed by atoms with Crippen LogP contribution in [-0.4, -0.2) is 7.11 Å². The van der Waals surface area contributed by atoms with Crippen LogP contribution in [0.2, 0.25) is 0 Å². The number of halogens is 1. The van der Waals surface area contributed by atoms with Crippen LogP contribution >= 0.6 is 15.9 Å². The lowest BCUT2D eigenvalue weighted by molar-refractivity contribution is 0.279. The zero-order valence-electron chi connectivity index (χ0n) is 14.9. The molecule has 0 fully saturated rings. The SMILES string of the molecule is COc1ccc(Br)c(CNCc2ccco2)c1OCc1ccccc1C. The van der Waals surface area contributed by atoms with Crippen molar-refractivity contribution in [2.45, 2.75) is 26.6 Å². The Balaban J connectivity index is 1.77. The minimum absolute atomic E-state index is 0.491. The molecule has 26 heavy (non-hydrogen) atoms. The zero-order chi connectivity index (χ0) is 18.4. The molecule has 3 aromatic rings. The fourth-order valence-electron chi connectivity index (χ4n) is 2.71. The molecule has 5 heteroatoms. The van der Waals surface area contributed by atoms with E-state index in [-0.39, 0.29) is 0 Å². The Morgan fingerprint density at radius 1 is 1.04 bits per heavy atom. The maximum Gasteiger partial charge on any atom is 0.167 e. The van der Waals surface area contributed by atoms with Crippen LogP contribution in [0.25, 0.3) is 0 Å². The third-order valence-electron chi connectivity index (χ3n) is 4.20. The van der Waals surface area contributed by atoms with Gasteiger partial charge in [-0.05, 0) is 42.3 Å². The van der Waals surface area contributed by atoms with Gasteiger partial charge in [0.15, 0.2) is 11.5 Å². The normalized spacial score (nSPS) is 10.7. The summed E-state index contributed by atoms with van der Waals surface area (Å²) in [5, 5.41) is 3.39. The Bertz CT molecular complexity index is 846. The highest BCUT2D eigenvalue weighted by atomic mass is 79.9. The molecule has 0 spiro atoms. The van der Waals surface area contributed by atoms with E-state index in [1.165, 1.54) is 5.56 Å². The molecule has 0 atom stereocenters. The van der Waals surface area contributed by atoms with Crippen molar-refractivity contribution in [3.05, 3.63) is 81.7 Å². The van der Waals surface area contributed by atoms with Gasteiger partial charge in [0.25, 0.3) is 0 Å². The van der Waals surface area contributed by atoms with Crippen molar-refractivity contribution in [1.82, 2.24) is 5.32 Å². The van der Waals surface area contributed by atoms with E-state index in [9.17, 15) is 0 Å². The second-order valence-electron chi connectivity index (χ2n) is 5.96. The molecule has 0 saturated carbocycles. The smallest absolute Gasteiger partial charge is 0.167 e. The first-order valence-electron chi connectivity index (χ1n) is 8.45. The largest absolute Gasteiger partial charge is 0.493 e. The molecule has 1 N–H and O–H groups in total. The van der Waals surface area contributed by atoms with E-state index in [2.05, 4.69) is 40.3 Å². The molecule has 0 aliphatic carbocycles. The van der Waals surface area contributed by atoms with Gasteiger partial charge < -0.3 is 19.2 Å². The molecule has 0 aliphatic rings. The Morgan fingerprint density at radius 3 is 2.62 bits per heavy atom. The Labute approximate surface area is 162 Å². The number of aryl methyl sites for hydroxylation is 1. The van der Waals surface area contributed by atoms with Crippen molar-refractivity contribution < 1.29 is 13.9 Å². The van der Waals surface area contributed by atoms with Gasteiger partial charge in [-0.15, -0.1) is 0 Å². The molecule has 1 heterocycles. The predicted octanol–water partition coefficient (Wildman–Crippen LogP) is 5.23. The molecule has 4 nitrogen and oxygen atoms in total. The summed E-state index contributed by atoms with van der Waals surface area (Å²) in [6.07, 6.45) is 1.68. The van der Waals surface area contributed by atoms with E-state index in [0.717, 1.165) is 32.9 Å². The second kappa shape index (κ2) is 8.92. The Morgan fingerprint density at radius 2 is 1.88 bits per heavy atom. The summed E-state index contributed by atoms with van der Waals surface area (Å²) in [6, 6.07) is 15.9. The Hall–Kier alpha value is -2.24. The monoisotopic (exact) mass is 415 g/mol. The molecule has 2 aromatic carbocycles. The molecular weight excluding hydrogens is 394 g/mol. The van der Waals surface area contributed by atoms with Crippen molar-refractivity contribution in [1.29, 1.82) is 0 Å². The van der Waals surface area contributed by atoms with Gasteiger partial charge in [-0.25, -0.2) is 0 Å². The first-order valence-corrected chi connectivity index (χ1v) is 9.24. The summed E-state index contributed by atoms with van der Waals surface area (Å²) >= 11 is 3.63. The third-order valence-corrected chi connectivity index (χ3v) is 4.94. The van der Waals surface area contributed by atoms with Gasteiger partial charge in [-0.1, -0.05) is 40.2 Å². The van der Waals surface area contributed by atoms with E-state index < -0.39 is 0 Å². The van der Waals surface area contributed by atoms with Gasteiger partial charge in [0.05, 0.1) is 19.9 Å². The second-order valence-corrected chi connectivity index (χ2v) is 6.81. The summed E-state index contributed by atoms with van der Waals surface area (Å²) in [4.78, 5) is 0. The van der Waals surface area contributed by atoms with Crippen LogP contribution in [-0.2, 0) is 19.7 Å². The zero-order valence-corrected chi connectivity index (χ0v) is 16.5. The van der Waals surface area contributed by atoms with Crippen molar-refractivity contribution in [3.8, 4) is 11.5 Å². The summed E-state index contributed by atoms with van der Waals surface area (Å²) in [7, 11) is 1.66. The number of rotatable bonds is 8. The number of methoxy groups -OCH3 is 1. The first-order chi connectivity index (χ1) is 12.7. The number of hydrogen-bond acceptors (Lipinski definition) is 4. The molecule has 1 aromatic heterocycles. The van der Waals surface area contributed by atoms with E-state index in [1.54, 1.807) is 13.4 Å². The summed E-state index contributed by atoms with van der Waals surface area (Å²) < 4.78 is 18.0. The lowest BCUT2D eigenvalue weighted by Gasteiger charge is -2.17. The molecule has 0 aliphatic heterocycles. The molecule has 136 valence electrons. The maximum absolute atomic E-state index is 6.18. The van der Waals surface area contributed by atoms with Gasteiger partial charge in [0.2, 0.25) is 0 Å². The van der Waals surface area contributed by atoms with Crippen LogP contribution in [0.1, 0.15) is 22.5 Å². The number of hydrogen-bond donors (Lipinski definition) is 1. The van der Waals surface area contributed by atoms with Crippen molar-refractivity contribution in [2.24, 2.45) is 0 Å². The third kappa shape index (κ3) is 4.48. The van der Waals surface area contributed by atoms with Crippen LogP contribution in [0, 0.1) is 6.92 Å². The van der Waals surface area contributed by atoms with Crippen LogP contribution in [0.4, 0.5) is 0 Å². The first kappa shape index (κ1) is 18.5. The number of nitrogens with one attached hydrogen (secondary N) is 1. The minimum Gasteiger partial charge on any atom is -0.493 e. The maximum atomic E-state index is 6.18. The summed E-state index contributed by atoms with van der Waals surface area (Å²) in [6.45, 7) is 3.85. The van der Waals surface area contributed by atoms with Crippen LogP contribution < -0.4 is 14.8 Å². The van der Waals surface area contributed by atoms with E-state index in [0.29, 0.717) is 19.7 Å². The predicted molar refractivity (Wildman–Crippen MR) is 105 cm³/mol. The van der Waals surface area contributed by atoms with Crippen molar-refractivity contribution in [2.75, 3.05) is 7.11 Å². The van der Waals surface area contributed by atoms with Crippen molar-refractivity contribution in [3.63, 3.8) is 0 Å². The number of benzene rings is 2. The minimum atomic E-state index is 0.491. The van der Waals surface area contributed by atoms with Crippen LogP contribution in [0.5, 0.6) is 11.5 Å². The lowest BCUT2D eigenvalue weighted by Crippen LogP contribution is -2.14. The molecule has 0 radical (unpaired) electrons. The van der Waals surface area contributed by atoms with E-state index in [1.807, 2.05) is 36.4 Å². The van der Waals surface area contributed by atoms with Gasteiger partial charge in [0, 0.05) is 16.6 Å². The number of ether oxygens (including phenoxy) is 2. The highest BCUT2D eigenvalue weighted by molar-refractivity contribution is 9.10. The van der Waals surface area contributed by atoms with Gasteiger partial charge in [0.1, 0.15) is 12.4 Å². The van der Waals surface area contributed by atoms with Gasteiger partial charge >= 0.3 is 0 Å². The lowest BCUT2D eigenvalue weighted by atomic mass is 10.1. The quantitative estimate of drug-likeness (QED) is 0.546. The highest BCUT2D eigenvalue weighted by Gasteiger charge is 2.15. The molecular formula is C21H22BrNO3. The Kier molecular flexibility index (Phi) is 6.36. The molecule has 3 rings (SSSR count). The fourth-order valence-corrected chi connectivity index (χ4v) is 3.16. The average Bonchev–Trinajstić information content (AvgIpc) is 3.16. The van der Waals surface area contributed by atoms with Crippen LogP contribution in [0.15, 0.2) is 63.7 Å². The van der Waals surface area contributed by atoms with Gasteiger partial charge in [-0.3, -0.25) is 0 Å². The average molecular weight is 416 g/mol. The molecule has 0 unspecified atom stereocenters. The topological polar surface area (TPSA) is 43.6 Å². The van der Waals surface area contributed by atoms with E-state index >= 15 is 0 Å². The van der Waals surface area contributed by atoms with E-state index in [4.69, 9.17) is 13.9 Å². The fraction of sp³-hybridized carbons (Fsp3) is 0.238. The molecule has 0 saturated heterocycles. The molecule has 0 amide bonds.